The molecule has 2 heterocycles. The normalized spacial score (nSPS) is 9.89. The first-order valence-electron chi connectivity index (χ1n) is 10.6. The average Bonchev–Trinajstić information content (AvgIpc) is 2.90. The topological polar surface area (TPSA) is 164 Å². The summed E-state index contributed by atoms with van der Waals surface area (Å²) in [5, 5.41) is 28.4. The molecular formula is C28H14N2O8. The third-order valence-corrected chi connectivity index (χ3v) is 4.99. The molecule has 0 bridgehead atoms. The van der Waals surface area contributed by atoms with E-state index in [0.717, 1.165) is 6.07 Å². The smallest absolute Gasteiger partial charge is 0.335 e. The number of hydrogen-bond acceptors (Lipinski definition) is 7. The Morgan fingerprint density at radius 1 is 0.658 bits per heavy atom. The van der Waals surface area contributed by atoms with E-state index in [4.69, 9.17) is 4.74 Å². The minimum absolute atomic E-state index is 0.0323. The van der Waals surface area contributed by atoms with E-state index in [1.165, 1.54) is 30.3 Å². The lowest BCUT2D eigenvalue weighted by Crippen LogP contribution is -2.03. The van der Waals surface area contributed by atoms with Gasteiger partial charge in [-0.25, -0.2) is 24.4 Å². The van der Waals surface area contributed by atoms with E-state index in [1.807, 2.05) is 0 Å². The fourth-order valence-electron chi connectivity index (χ4n) is 3.28. The van der Waals surface area contributed by atoms with Gasteiger partial charge >= 0.3 is 17.9 Å². The second kappa shape index (κ2) is 10.7. The number of aromatic nitrogens is 2. The molecule has 38 heavy (non-hydrogen) atoms. The first kappa shape index (κ1) is 25.1. The Kier molecular flexibility index (Phi) is 7.09. The third-order valence-electron chi connectivity index (χ3n) is 4.99. The highest BCUT2D eigenvalue weighted by Gasteiger charge is 2.11. The Balaban J connectivity index is 1.66. The molecule has 0 fully saturated rings. The first-order chi connectivity index (χ1) is 18.2. The maximum atomic E-state index is 11.3. The standard InChI is InChI=1S/C28H14N2O8/c31-15-38-24-12-17(11-21(14-24)28(36)37)2-6-23-8-4-18-3-7-22(29-25(18)30-23)5-1-16-9-19(26(32)33)13-20(10-16)27(34)35/h3-4,7-15H,(H,32,33)(H,34,35)(H,36,37). The fourth-order valence-corrected chi connectivity index (χ4v) is 3.28. The number of carbonyl (C=O) groups excluding carboxylic acids is 1. The van der Waals surface area contributed by atoms with Crippen LogP contribution in [0, 0.1) is 23.7 Å². The summed E-state index contributed by atoms with van der Waals surface area (Å²) in [6.07, 6.45) is 0. The number of carbonyl (C=O) groups is 4. The number of hydrogen-bond donors (Lipinski definition) is 3. The summed E-state index contributed by atoms with van der Waals surface area (Å²) in [6, 6.07) is 14.3. The number of ether oxygens (including phenoxy) is 1. The van der Waals surface area contributed by atoms with Crippen molar-refractivity contribution in [2.24, 2.45) is 0 Å². The second-order valence-corrected chi connectivity index (χ2v) is 7.61. The minimum Gasteiger partial charge on any atom is -0.478 e. The van der Waals surface area contributed by atoms with E-state index in [0.29, 0.717) is 28.0 Å². The van der Waals surface area contributed by atoms with Crippen LogP contribution in [-0.4, -0.2) is 49.7 Å². The molecule has 0 saturated carbocycles. The molecule has 4 aromatic rings. The quantitative estimate of drug-likeness (QED) is 0.271. The van der Waals surface area contributed by atoms with Crippen LogP contribution in [0.25, 0.3) is 11.0 Å². The van der Waals surface area contributed by atoms with Crippen LogP contribution in [0.3, 0.4) is 0 Å². The SMILES string of the molecule is O=COc1cc(C#Cc2ccc3ccc(C#Cc4cc(C(=O)O)cc(C(=O)O)c4)nc3n2)cc(C(=O)O)c1. The molecule has 0 amide bonds. The van der Waals surface area contributed by atoms with Crippen molar-refractivity contribution in [3.8, 4) is 29.4 Å². The van der Waals surface area contributed by atoms with Crippen LogP contribution in [0.5, 0.6) is 5.75 Å². The van der Waals surface area contributed by atoms with Gasteiger partial charge in [0.1, 0.15) is 17.1 Å². The van der Waals surface area contributed by atoms with E-state index < -0.39 is 17.9 Å². The lowest BCUT2D eigenvalue weighted by atomic mass is 10.1. The Morgan fingerprint density at radius 2 is 1.13 bits per heavy atom. The van der Waals surface area contributed by atoms with Gasteiger partial charge in [-0.2, -0.15) is 0 Å². The molecule has 0 spiro atoms. The number of nitrogens with zero attached hydrogens (tertiary/aromatic N) is 2. The van der Waals surface area contributed by atoms with Crippen molar-refractivity contribution in [3.63, 3.8) is 0 Å². The molecule has 0 aliphatic heterocycles. The van der Waals surface area contributed by atoms with Crippen LogP contribution < -0.4 is 4.74 Å². The summed E-state index contributed by atoms with van der Waals surface area (Å²) >= 11 is 0. The molecule has 184 valence electrons. The van der Waals surface area contributed by atoms with E-state index in [-0.39, 0.29) is 34.5 Å². The van der Waals surface area contributed by atoms with Gasteiger partial charge in [0.05, 0.1) is 16.7 Å². The van der Waals surface area contributed by atoms with Gasteiger partial charge < -0.3 is 20.1 Å². The van der Waals surface area contributed by atoms with E-state index >= 15 is 0 Å². The highest BCUT2D eigenvalue weighted by atomic mass is 16.5. The number of rotatable bonds is 5. The number of fused-ring (bicyclic) bond motifs is 1. The predicted octanol–water partition coefficient (Wildman–Crippen LogP) is 3.06. The Hall–Kier alpha value is -6.00. The van der Waals surface area contributed by atoms with Gasteiger partial charge in [-0.3, -0.25) is 4.79 Å². The average molecular weight is 506 g/mol. The zero-order valence-corrected chi connectivity index (χ0v) is 19.1. The van der Waals surface area contributed by atoms with Crippen molar-refractivity contribution in [1.82, 2.24) is 9.97 Å². The Morgan fingerprint density at radius 3 is 1.61 bits per heavy atom. The zero-order valence-electron chi connectivity index (χ0n) is 19.1. The lowest BCUT2D eigenvalue weighted by Gasteiger charge is -2.01. The van der Waals surface area contributed by atoms with Crippen molar-refractivity contribution >= 4 is 35.4 Å². The molecule has 10 heteroatoms. The van der Waals surface area contributed by atoms with E-state index in [2.05, 4.69) is 33.6 Å². The van der Waals surface area contributed by atoms with Gasteiger partial charge in [-0.15, -0.1) is 0 Å². The van der Waals surface area contributed by atoms with Crippen LogP contribution in [0.15, 0.2) is 60.7 Å². The molecule has 0 aliphatic rings. The first-order valence-corrected chi connectivity index (χ1v) is 10.6. The number of pyridine rings is 2. The maximum absolute atomic E-state index is 11.3. The second-order valence-electron chi connectivity index (χ2n) is 7.61. The van der Waals surface area contributed by atoms with Gasteiger partial charge in [0.2, 0.25) is 0 Å². The van der Waals surface area contributed by atoms with Gasteiger partial charge in [0.15, 0.2) is 5.65 Å². The summed E-state index contributed by atoms with van der Waals surface area (Å²) in [6.45, 7) is 0.184. The highest BCUT2D eigenvalue weighted by Crippen LogP contribution is 2.17. The molecule has 2 aromatic heterocycles. The Bertz CT molecular complexity index is 1740. The molecule has 2 aromatic carbocycles. The third kappa shape index (κ3) is 5.97. The minimum atomic E-state index is -1.28. The molecule has 0 radical (unpaired) electrons. The van der Waals surface area contributed by atoms with Gasteiger partial charge in [0, 0.05) is 16.5 Å². The van der Waals surface area contributed by atoms with Crippen LogP contribution in [0.1, 0.15) is 53.6 Å². The summed E-state index contributed by atoms with van der Waals surface area (Å²) in [7, 11) is 0. The summed E-state index contributed by atoms with van der Waals surface area (Å²) in [4.78, 5) is 53.3. The molecule has 0 unspecified atom stereocenters. The highest BCUT2D eigenvalue weighted by molar-refractivity contribution is 5.94. The molecule has 4 rings (SSSR count). The van der Waals surface area contributed by atoms with Crippen molar-refractivity contribution in [1.29, 1.82) is 0 Å². The maximum Gasteiger partial charge on any atom is 0.335 e. The number of aromatic carboxylic acids is 3. The van der Waals surface area contributed by atoms with Crippen molar-refractivity contribution in [2.75, 3.05) is 0 Å². The largest absolute Gasteiger partial charge is 0.478 e. The fraction of sp³-hybridized carbons (Fsp3) is 0. The molecule has 0 atom stereocenters. The molecular weight excluding hydrogens is 492 g/mol. The summed E-state index contributed by atoms with van der Waals surface area (Å²) in [5.74, 6) is 7.37. The molecule has 3 N–H and O–H groups in total. The van der Waals surface area contributed by atoms with Crippen LogP contribution in [-0.2, 0) is 4.79 Å². The van der Waals surface area contributed by atoms with Gasteiger partial charge in [-0.1, -0.05) is 11.8 Å². The van der Waals surface area contributed by atoms with Crippen LogP contribution in [0.4, 0.5) is 0 Å². The van der Waals surface area contributed by atoms with E-state index in [9.17, 15) is 34.5 Å². The van der Waals surface area contributed by atoms with Gasteiger partial charge in [0.25, 0.3) is 6.47 Å². The van der Waals surface area contributed by atoms with Crippen molar-refractivity contribution in [2.45, 2.75) is 0 Å². The van der Waals surface area contributed by atoms with Crippen LogP contribution >= 0.6 is 0 Å². The zero-order chi connectivity index (χ0) is 27.2. The predicted molar refractivity (Wildman–Crippen MR) is 132 cm³/mol. The van der Waals surface area contributed by atoms with Crippen molar-refractivity contribution < 1.29 is 39.2 Å². The number of benzene rings is 2. The number of carboxylic acid groups (broad SMARTS) is 3. The summed E-state index contributed by atoms with van der Waals surface area (Å²) < 4.78 is 4.74. The number of carboxylic acids is 3. The van der Waals surface area contributed by atoms with E-state index in [1.54, 1.807) is 24.3 Å². The molecule has 10 nitrogen and oxygen atoms in total. The monoisotopic (exact) mass is 506 g/mol. The molecule has 0 aliphatic carbocycles. The lowest BCUT2D eigenvalue weighted by molar-refractivity contribution is -0.120. The Labute approximate surface area is 214 Å². The van der Waals surface area contributed by atoms with Crippen LogP contribution in [0.2, 0.25) is 0 Å². The van der Waals surface area contributed by atoms with Gasteiger partial charge in [-0.05, 0) is 72.5 Å². The summed E-state index contributed by atoms with van der Waals surface area (Å²) in [5.41, 5.74) is 0.923. The van der Waals surface area contributed by atoms with Crippen molar-refractivity contribution in [3.05, 3.63) is 99.9 Å². The molecule has 0 saturated heterocycles.